The Morgan fingerprint density at radius 1 is 1.11 bits per heavy atom. The first kappa shape index (κ1) is 26.6. The number of benzene rings is 2. The summed E-state index contributed by atoms with van der Waals surface area (Å²) >= 11 is 5.96. The molecule has 1 N–H and O–H groups in total. The average Bonchev–Trinajstić information content (AvgIpc) is 3.41. The number of carbonyl (C=O) groups is 2. The van der Waals surface area contributed by atoms with Crippen LogP contribution in [0, 0.1) is 0 Å². The maximum atomic E-state index is 13.5. The lowest BCUT2D eigenvalue weighted by atomic mass is 10.2. The number of amides is 2. The molecule has 9 heteroatoms. The first-order chi connectivity index (χ1) is 17.9. The van der Waals surface area contributed by atoms with Gasteiger partial charge in [-0.2, -0.15) is 0 Å². The molecule has 0 aliphatic carbocycles. The largest absolute Gasteiger partial charge is 0.438 e. The molecule has 4 rings (SSSR count). The number of hydrogen-bond donors (Lipinski definition) is 1. The Labute approximate surface area is 222 Å². The fourth-order valence-electron chi connectivity index (χ4n) is 4.12. The molecule has 3 aromatic rings. The summed E-state index contributed by atoms with van der Waals surface area (Å²) in [5, 5.41) is 3.44. The molecule has 1 aliphatic heterocycles. The van der Waals surface area contributed by atoms with Gasteiger partial charge in [-0.25, -0.2) is 4.98 Å². The number of hydrogen-bond acceptors (Lipinski definition) is 6. The zero-order valence-corrected chi connectivity index (χ0v) is 21.7. The number of carbonyl (C=O) groups excluding carboxylic acids is 2. The third-order valence-corrected chi connectivity index (χ3v) is 6.50. The summed E-state index contributed by atoms with van der Waals surface area (Å²) < 4.78 is 11.7. The van der Waals surface area contributed by atoms with Crippen molar-refractivity contribution in [3.8, 4) is 11.6 Å². The molecule has 0 saturated carbocycles. The molecule has 0 spiro atoms. The van der Waals surface area contributed by atoms with Gasteiger partial charge in [-0.3, -0.25) is 9.59 Å². The first-order valence-corrected chi connectivity index (χ1v) is 12.5. The molecule has 0 bridgehead atoms. The second kappa shape index (κ2) is 12.7. The summed E-state index contributed by atoms with van der Waals surface area (Å²) in [6.45, 7) is 1.61. The van der Waals surface area contributed by atoms with E-state index >= 15 is 0 Å². The Kier molecular flexibility index (Phi) is 9.11. The zero-order valence-electron chi connectivity index (χ0n) is 21.0. The molecule has 2 amide bonds. The molecule has 1 saturated heterocycles. The van der Waals surface area contributed by atoms with Gasteiger partial charge in [0.25, 0.3) is 5.91 Å². The normalized spacial score (nSPS) is 16.0. The summed E-state index contributed by atoms with van der Waals surface area (Å²) in [5.41, 5.74) is 1.20. The number of likely N-dealkylation sites (N-methyl/N-ethyl adjacent to an activating group) is 1. The van der Waals surface area contributed by atoms with Crippen LogP contribution in [0.4, 0.5) is 0 Å². The smallest absolute Gasteiger partial charge is 0.257 e. The van der Waals surface area contributed by atoms with E-state index in [1.165, 1.54) is 0 Å². The third kappa shape index (κ3) is 7.29. The monoisotopic (exact) mass is 522 g/mol. The maximum absolute atomic E-state index is 13.5. The van der Waals surface area contributed by atoms with Crippen molar-refractivity contribution in [3.05, 3.63) is 89.1 Å². The van der Waals surface area contributed by atoms with Crippen molar-refractivity contribution in [2.24, 2.45) is 0 Å². The van der Waals surface area contributed by atoms with Gasteiger partial charge >= 0.3 is 0 Å². The molecule has 37 heavy (non-hydrogen) atoms. The quantitative estimate of drug-likeness (QED) is 0.433. The molecule has 1 aromatic heterocycles. The number of pyridine rings is 1. The van der Waals surface area contributed by atoms with Crippen molar-refractivity contribution in [1.82, 2.24) is 20.1 Å². The Morgan fingerprint density at radius 2 is 1.86 bits per heavy atom. The summed E-state index contributed by atoms with van der Waals surface area (Å²) in [5.74, 6) is -0.0211. The van der Waals surface area contributed by atoms with Gasteiger partial charge in [0.15, 0.2) is 0 Å². The second-order valence-electron chi connectivity index (χ2n) is 9.13. The van der Waals surface area contributed by atoms with E-state index in [1.54, 1.807) is 47.5 Å². The predicted octanol–water partition coefficient (Wildman–Crippen LogP) is 4.01. The standard InChI is InChI=1S/C28H31ClN4O4/c1-32(2)22-14-16-33(17-22)28(35)25(19-36-18-20-7-4-3-5-8-20)31-26(34)24-9-6-15-30-27(24)37-23-12-10-21(29)11-13-23/h3-13,15,22,25H,14,16-19H2,1-2H3,(H,31,34)/t22-,25+/m0/s1. The van der Waals surface area contributed by atoms with E-state index in [0.29, 0.717) is 30.5 Å². The molecule has 1 aliphatic rings. The number of aromatic nitrogens is 1. The van der Waals surface area contributed by atoms with Crippen LogP contribution < -0.4 is 10.1 Å². The summed E-state index contributed by atoms with van der Waals surface area (Å²) in [6, 6.07) is 19.1. The minimum atomic E-state index is -0.860. The van der Waals surface area contributed by atoms with E-state index < -0.39 is 11.9 Å². The second-order valence-corrected chi connectivity index (χ2v) is 9.57. The van der Waals surface area contributed by atoms with Gasteiger partial charge in [-0.1, -0.05) is 41.9 Å². The number of nitrogens with one attached hydrogen (secondary N) is 1. The van der Waals surface area contributed by atoms with E-state index in [2.05, 4.69) is 15.2 Å². The van der Waals surface area contributed by atoms with Crippen molar-refractivity contribution in [2.75, 3.05) is 33.8 Å². The zero-order chi connectivity index (χ0) is 26.2. The van der Waals surface area contributed by atoms with E-state index in [-0.39, 0.29) is 30.0 Å². The van der Waals surface area contributed by atoms with Crippen LogP contribution >= 0.6 is 11.6 Å². The van der Waals surface area contributed by atoms with Gasteiger partial charge in [0.05, 0.1) is 13.2 Å². The number of nitrogens with zero attached hydrogens (tertiary/aromatic N) is 3. The SMILES string of the molecule is CN(C)[C@H]1CCN(C(=O)[C@@H](COCc2ccccc2)NC(=O)c2cccnc2Oc2ccc(Cl)cc2)C1. The Bertz CT molecular complexity index is 1190. The van der Waals surface area contributed by atoms with Crippen molar-refractivity contribution >= 4 is 23.4 Å². The van der Waals surface area contributed by atoms with Crippen molar-refractivity contribution < 1.29 is 19.1 Å². The van der Waals surface area contributed by atoms with Crippen LogP contribution in [0.2, 0.25) is 5.02 Å². The minimum Gasteiger partial charge on any atom is -0.438 e. The molecule has 0 unspecified atom stereocenters. The molecule has 2 aromatic carbocycles. The molecule has 8 nitrogen and oxygen atoms in total. The van der Waals surface area contributed by atoms with Gasteiger partial charge in [0.2, 0.25) is 11.8 Å². The van der Waals surface area contributed by atoms with Gasteiger partial charge in [-0.05, 0) is 62.5 Å². The van der Waals surface area contributed by atoms with Crippen LogP contribution in [-0.2, 0) is 16.1 Å². The summed E-state index contributed by atoms with van der Waals surface area (Å²) in [6.07, 6.45) is 2.42. The lowest BCUT2D eigenvalue weighted by molar-refractivity contribution is -0.134. The topological polar surface area (TPSA) is 84.0 Å². The van der Waals surface area contributed by atoms with Crippen LogP contribution in [0.5, 0.6) is 11.6 Å². The van der Waals surface area contributed by atoms with E-state index in [1.807, 2.05) is 44.4 Å². The molecule has 2 heterocycles. The fourth-order valence-corrected chi connectivity index (χ4v) is 4.25. The fraction of sp³-hybridized carbons (Fsp3) is 0.321. The molecule has 1 fully saturated rings. The van der Waals surface area contributed by atoms with Crippen LogP contribution in [0.1, 0.15) is 22.3 Å². The van der Waals surface area contributed by atoms with E-state index in [4.69, 9.17) is 21.1 Å². The Balaban J connectivity index is 1.48. The third-order valence-electron chi connectivity index (χ3n) is 6.25. The van der Waals surface area contributed by atoms with Gasteiger partial charge in [-0.15, -0.1) is 0 Å². The highest BCUT2D eigenvalue weighted by Gasteiger charge is 2.33. The van der Waals surface area contributed by atoms with Gasteiger partial charge in [0.1, 0.15) is 17.4 Å². The van der Waals surface area contributed by atoms with Gasteiger partial charge < -0.3 is 24.6 Å². The van der Waals surface area contributed by atoms with Crippen molar-refractivity contribution in [1.29, 1.82) is 0 Å². The minimum absolute atomic E-state index is 0.0379. The predicted molar refractivity (Wildman–Crippen MR) is 142 cm³/mol. The van der Waals surface area contributed by atoms with Crippen LogP contribution in [0.25, 0.3) is 0 Å². The lowest BCUT2D eigenvalue weighted by Crippen LogP contribution is -2.51. The molecule has 2 atom stereocenters. The number of ether oxygens (including phenoxy) is 2. The van der Waals surface area contributed by atoms with Crippen molar-refractivity contribution in [2.45, 2.75) is 25.1 Å². The molecular formula is C28H31ClN4O4. The average molecular weight is 523 g/mol. The lowest BCUT2D eigenvalue weighted by Gasteiger charge is -2.25. The summed E-state index contributed by atoms with van der Waals surface area (Å²) in [7, 11) is 4.01. The first-order valence-electron chi connectivity index (χ1n) is 12.2. The van der Waals surface area contributed by atoms with Crippen molar-refractivity contribution in [3.63, 3.8) is 0 Å². The highest BCUT2D eigenvalue weighted by Crippen LogP contribution is 2.24. The van der Waals surface area contributed by atoms with Gasteiger partial charge in [0, 0.05) is 30.4 Å². The number of rotatable bonds is 10. The Morgan fingerprint density at radius 3 is 2.57 bits per heavy atom. The van der Waals surface area contributed by atoms with Crippen LogP contribution in [-0.4, -0.2) is 72.5 Å². The summed E-state index contributed by atoms with van der Waals surface area (Å²) in [4.78, 5) is 35.0. The van der Waals surface area contributed by atoms with Crippen LogP contribution in [0.3, 0.4) is 0 Å². The number of likely N-dealkylation sites (tertiary alicyclic amines) is 1. The number of halogens is 1. The molecule has 0 radical (unpaired) electrons. The highest BCUT2D eigenvalue weighted by atomic mass is 35.5. The molecule has 194 valence electrons. The van der Waals surface area contributed by atoms with Crippen LogP contribution in [0.15, 0.2) is 72.9 Å². The Hall–Kier alpha value is -3.46. The van der Waals surface area contributed by atoms with E-state index in [0.717, 1.165) is 12.0 Å². The highest BCUT2D eigenvalue weighted by molar-refractivity contribution is 6.30. The maximum Gasteiger partial charge on any atom is 0.257 e. The van der Waals surface area contributed by atoms with E-state index in [9.17, 15) is 9.59 Å². The molecular weight excluding hydrogens is 492 g/mol.